The van der Waals surface area contributed by atoms with Crippen LogP contribution in [0, 0.1) is 5.92 Å². The number of piperidine rings is 1. The van der Waals surface area contributed by atoms with E-state index in [1.807, 2.05) is 0 Å². The van der Waals surface area contributed by atoms with E-state index in [0.717, 1.165) is 38.1 Å². The highest BCUT2D eigenvalue weighted by molar-refractivity contribution is 5.80. The van der Waals surface area contributed by atoms with Crippen LogP contribution in [0.3, 0.4) is 0 Å². The molecule has 0 aliphatic carbocycles. The van der Waals surface area contributed by atoms with E-state index < -0.39 is 0 Å². The van der Waals surface area contributed by atoms with E-state index in [2.05, 4.69) is 47.8 Å². The van der Waals surface area contributed by atoms with Gasteiger partial charge in [-0.25, -0.2) is 0 Å². The van der Waals surface area contributed by atoms with E-state index in [4.69, 9.17) is 4.99 Å². The lowest BCUT2D eigenvalue weighted by Crippen LogP contribution is -2.50. The van der Waals surface area contributed by atoms with Gasteiger partial charge in [0.25, 0.3) is 0 Å². The molecule has 2 unspecified atom stereocenters. The SMILES string of the molecule is CCNC(=NCC(C)N1CCN(C)CC1)N1CCCC(C)C1. The Hall–Kier alpha value is -0.810. The molecule has 2 fully saturated rings. The van der Waals surface area contributed by atoms with Crippen LogP contribution in [-0.2, 0) is 0 Å². The van der Waals surface area contributed by atoms with E-state index in [0.29, 0.717) is 6.04 Å². The lowest BCUT2D eigenvalue weighted by Gasteiger charge is -2.36. The van der Waals surface area contributed by atoms with Gasteiger partial charge in [-0.05, 0) is 39.7 Å². The summed E-state index contributed by atoms with van der Waals surface area (Å²) in [5, 5.41) is 3.49. The molecule has 0 spiro atoms. The van der Waals surface area contributed by atoms with Crippen molar-refractivity contribution in [2.75, 3.05) is 59.4 Å². The van der Waals surface area contributed by atoms with Crippen molar-refractivity contribution in [3.05, 3.63) is 0 Å². The van der Waals surface area contributed by atoms with Gasteiger partial charge in [0.15, 0.2) is 5.96 Å². The number of rotatable bonds is 4. The van der Waals surface area contributed by atoms with Crippen LogP contribution in [0.15, 0.2) is 4.99 Å². The Bertz CT molecular complexity index is 349. The van der Waals surface area contributed by atoms with Crippen molar-refractivity contribution in [1.82, 2.24) is 20.0 Å². The average Bonchev–Trinajstić information content (AvgIpc) is 2.52. The van der Waals surface area contributed by atoms with Gasteiger partial charge in [0.2, 0.25) is 0 Å². The van der Waals surface area contributed by atoms with Gasteiger partial charge in [-0.1, -0.05) is 6.92 Å². The molecular weight excluding hydrogens is 274 g/mol. The predicted molar refractivity (Wildman–Crippen MR) is 94.5 cm³/mol. The van der Waals surface area contributed by atoms with E-state index in [1.54, 1.807) is 0 Å². The average molecular weight is 310 g/mol. The largest absolute Gasteiger partial charge is 0.357 e. The van der Waals surface area contributed by atoms with Crippen LogP contribution in [0.1, 0.15) is 33.6 Å². The summed E-state index contributed by atoms with van der Waals surface area (Å²) in [6.45, 7) is 15.7. The highest BCUT2D eigenvalue weighted by Gasteiger charge is 2.21. The Kier molecular flexibility index (Phi) is 6.96. The summed E-state index contributed by atoms with van der Waals surface area (Å²) in [7, 11) is 2.21. The molecule has 0 aromatic carbocycles. The van der Waals surface area contributed by atoms with Crippen LogP contribution in [0.5, 0.6) is 0 Å². The molecule has 0 aromatic heterocycles. The van der Waals surface area contributed by atoms with Crippen molar-refractivity contribution in [3.8, 4) is 0 Å². The Labute approximate surface area is 136 Å². The van der Waals surface area contributed by atoms with Crippen LogP contribution in [0.4, 0.5) is 0 Å². The van der Waals surface area contributed by atoms with Gasteiger partial charge >= 0.3 is 0 Å². The fourth-order valence-electron chi connectivity index (χ4n) is 3.40. The van der Waals surface area contributed by atoms with E-state index in [-0.39, 0.29) is 0 Å². The maximum Gasteiger partial charge on any atom is 0.193 e. The van der Waals surface area contributed by atoms with Crippen LogP contribution >= 0.6 is 0 Å². The van der Waals surface area contributed by atoms with Gasteiger partial charge in [0.05, 0.1) is 6.54 Å². The lowest BCUT2D eigenvalue weighted by atomic mass is 10.0. The second-order valence-electron chi connectivity index (χ2n) is 7.08. The van der Waals surface area contributed by atoms with Crippen molar-refractivity contribution in [2.24, 2.45) is 10.9 Å². The van der Waals surface area contributed by atoms with Crippen molar-refractivity contribution in [3.63, 3.8) is 0 Å². The van der Waals surface area contributed by atoms with Crippen LogP contribution in [-0.4, -0.2) is 86.1 Å². The van der Waals surface area contributed by atoms with Gasteiger partial charge in [0.1, 0.15) is 0 Å². The molecule has 2 heterocycles. The first-order valence-corrected chi connectivity index (χ1v) is 9.06. The first-order valence-electron chi connectivity index (χ1n) is 9.06. The molecule has 1 N–H and O–H groups in total. The summed E-state index contributed by atoms with van der Waals surface area (Å²) >= 11 is 0. The zero-order valence-electron chi connectivity index (χ0n) is 15.0. The first kappa shape index (κ1) is 17.5. The first-order chi connectivity index (χ1) is 10.6. The number of piperazine rings is 1. The summed E-state index contributed by atoms with van der Waals surface area (Å²) in [6.07, 6.45) is 2.65. The Balaban J connectivity index is 1.88. The summed E-state index contributed by atoms with van der Waals surface area (Å²) in [5.74, 6) is 1.91. The van der Waals surface area contributed by atoms with Gasteiger partial charge in [-0.15, -0.1) is 0 Å². The van der Waals surface area contributed by atoms with Gasteiger partial charge < -0.3 is 15.1 Å². The van der Waals surface area contributed by atoms with Crippen LogP contribution in [0.25, 0.3) is 0 Å². The highest BCUT2D eigenvalue weighted by atomic mass is 15.3. The third kappa shape index (κ3) is 5.13. The highest BCUT2D eigenvalue weighted by Crippen LogP contribution is 2.15. The quantitative estimate of drug-likeness (QED) is 0.627. The molecule has 2 atom stereocenters. The molecule has 2 aliphatic rings. The van der Waals surface area contributed by atoms with Crippen molar-refractivity contribution in [1.29, 1.82) is 0 Å². The number of hydrogen-bond donors (Lipinski definition) is 1. The molecule has 0 aromatic rings. The number of nitrogens with zero attached hydrogens (tertiary/aromatic N) is 4. The molecular formula is C17H35N5. The van der Waals surface area contributed by atoms with Crippen molar-refractivity contribution in [2.45, 2.75) is 39.7 Å². The molecule has 0 bridgehead atoms. The standard InChI is InChI=1S/C17H35N5/c1-5-18-17(22-8-6-7-15(2)14-22)19-13-16(3)21-11-9-20(4)10-12-21/h15-16H,5-14H2,1-4H3,(H,18,19). The van der Waals surface area contributed by atoms with Crippen molar-refractivity contribution < 1.29 is 0 Å². The third-order valence-electron chi connectivity index (χ3n) is 4.96. The number of likely N-dealkylation sites (tertiary alicyclic amines) is 1. The number of aliphatic imine (C=N–C) groups is 1. The van der Waals surface area contributed by atoms with E-state index in [9.17, 15) is 0 Å². The predicted octanol–water partition coefficient (Wildman–Crippen LogP) is 1.32. The van der Waals surface area contributed by atoms with Gasteiger partial charge in [0, 0.05) is 51.9 Å². The minimum absolute atomic E-state index is 0.532. The maximum absolute atomic E-state index is 4.94. The summed E-state index contributed by atoms with van der Waals surface area (Å²) < 4.78 is 0. The number of nitrogens with one attached hydrogen (secondary N) is 1. The minimum atomic E-state index is 0.532. The zero-order chi connectivity index (χ0) is 15.9. The Morgan fingerprint density at radius 2 is 1.95 bits per heavy atom. The summed E-state index contributed by atoms with van der Waals surface area (Å²) in [5.41, 5.74) is 0. The molecule has 2 aliphatic heterocycles. The molecule has 22 heavy (non-hydrogen) atoms. The fourth-order valence-corrected chi connectivity index (χ4v) is 3.40. The molecule has 5 nitrogen and oxygen atoms in total. The molecule has 0 saturated carbocycles. The number of guanidine groups is 1. The molecule has 2 saturated heterocycles. The van der Waals surface area contributed by atoms with E-state index >= 15 is 0 Å². The normalized spacial score (nSPS) is 27.0. The maximum atomic E-state index is 4.94. The number of hydrogen-bond acceptors (Lipinski definition) is 3. The zero-order valence-corrected chi connectivity index (χ0v) is 15.0. The van der Waals surface area contributed by atoms with Crippen LogP contribution < -0.4 is 5.32 Å². The van der Waals surface area contributed by atoms with E-state index in [1.165, 1.54) is 39.0 Å². The second-order valence-corrected chi connectivity index (χ2v) is 7.08. The summed E-state index contributed by atoms with van der Waals surface area (Å²) in [4.78, 5) is 12.4. The minimum Gasteiger partial charge on any atom is -0.357 e. The smallest absolute Gasteiger partial charge is 0.193 e. The molecule has 5 heteroatoms. The molecule has 0 radical (unpaired) electrons. The van der Waals surface area contributed by atoms with Gasteiger partial charge in [-0.2, -0.15) is 0 Å². The molecule has 128 valence electrons. The lowest BCUT2D eigenvalue weighted by molar-refractivity contribution is 0.122. The fraction of sp³-hybridized carbons (Fsp3) is 0.941. The third-order valence-corrected chi connectivity index (χ3v) is 4.96. The van der Waals surface area contributed by atoms with Crippen molar-refractivity contribution >= 4 is 5.96 Å². The molecule has 0 amide bonds. The molecule has 2 rings (SSSR count). The monoisotopic (exact) mass is 309 g/mol. The summed E-state index contributed by atoms with van der Waals surface area (Å²) in [6, 6.07) is 0.532. The topological polar surface area (TPSA) is 34.1 Å². The second kappa shape index (κ2) is 8.73. The Morgan fingerprint density at radius 1 is 1.23 bits per heavy atom. The number of likely N-dealkylation sites (N-methyl/N-ethyl adjacent to an activating group) is 1. The van der Waals surface area contributed by atoms with Crippen LogP contribution in [0.2, 0.25) is 0 Å². The van der Waals surface area contributed by atoms with Gasteiger partial charge in [-0.3, -0.25) is 9.89 Å². The Morgan fingerprint density at radius 3 is 2.59 bits per heavy atom.